The topological polar surface area (TPSA) is 128 Å². The summed E-state index contributed by atoms with van der Waals surface area (Å²) in [6, 6.07) is 6.11. The predicted octanol–water partition coefficient (Wildman–Crippen LogP) is 2.19. The van der Waals surface area contributed by atoms with Crippen LogP contribution in [0.15, 0.2) is 24.3 Å². The SMILES string of the molecule is O=C(NCC1CCCC1)NS(=O)(=O)N1CCC(CCNC(=O)N2Cc3ccccc3C2=O)CC1. The molecule has 10 nitrogen and oxygen atoms in total. The van der Waals surface area contributed by atoms with Crippen molar-refractivity contribution in [3.05, 3.63) is 35.4 Å². The molecule has 0 unspecified atom stereocenters. The Bertz CT molecular complexity index is 1020. The van der Waals surface area contributed by atoms with Crippen LogP contribution in [-0.2, 0) is 16.8 Å². The second-order valence-corrected chi connectivity index (χ2v) is 11.0. The van der Waals surface area contributed by atoms with E-state index in [1.54, 1.807) is 12.1 Å². The van der Waals surface area contributed by atoms with Crippen LogP contribution < -0.4 is 15.4 Å². The summed E-state index contributed by atoms with van der Waals surface area (Å²) >= 11 is 0. The lowest BCUT2D eigenvalue weighted by molar-refractivity contribution is 0.0820. The molecule has 5 amide bonds. The zero-order valence-corrected chi connectivity index (χ0v) is 20.1. The zero-order chi connectivity index (χ0) is 24.1. The van der Waals surface area contributed by atoms with Crippen molar-refractivity contribution < 1.29 is 22.8 Å². The van der Waals surface area contributed by atoms with Gasteiger partial charge in [0.15, 0.2) is 0 Å². The van der Waals surface area contributed by atoms with Gasteiger partial charge in [-0.3, -0.25) is 9.69 Å². The third-order valence-corrected chi connectivity index (χ3v) is 8.54. The van der Waals surface area contributed by atoms with Gasteiger partial charge in [0.1, 0.15) is 0 Å². The van der Waals surface area contributed by atoms with Crippen LogP contribution in [0.1, 0.15) is 60.9 Å². The molecule has 3 N–H and O–H groups in total. The lowest BCUT2D eigenvalue weighted by Gasteiger charge is -2.31. The highest BCUT2D eigenvalue weighted by Gasteiger charge is 2.32. The molecule has 1 saturated carbocycles. The van der Waals surface area contributed by atoms with E-state index < -0.39 is 22.3 Å². The normalized spacial score (nSPS) is 19.8. The van der Waals surface area contributed by atoms with Crippen molar-refractivity contribution in [1.29, 1.82) is 0 Å². The summed E-state index contributed by atoms with van der Waals surface area (Å²) in [5.41, 5.74) is 1.41. The number of rotatable bonds is 7. The van der Waals surface area contributed by atoms with Crippen molar-refractivity contribution in [2.75, 3.05) is 26.2 Å². The van der Waals surface area contributed by atoms with Gasteiger partial charge in [0.25, 0.3) is 5.91 Å². The molecule has 1 saturated heterocycles. The van der Waals surface area contributed by atoms with Crippen LogP contribution in [0.2, 0.25) is 0 Å². The molecule has 4 rings (SSSR count). The minimum Gasteiger partial charge on any atom is -0.338 e. The standard InChI is InChI=1S/C23H33N5O5S/c29-21-20-8-4-3-7-19(20)16-28(21)23(31)24-12-9-17-10-13-27(14-11-17)34(32,33)26-22(30)25-15-18-5-1-2-6-18/h3-4,7-8,17-18H,1-2,5-6,9-16H2,(H,24,31)(H2,25,26,30). The number of fused-ring (bicyclic) bond motifs is 1. The average molecular weight is 492 g/mol. The molecular weight excluding hydrogens is 458 g/mol. The maximum Gasteiger partial charge on any atom is 0.329 e. The first-order valence-electron chi connectivity index (χ1n) is 12.1. The fourth-order valence-electron chi connectivity index (χ4n) is 5.00. The number of nitrogens with one attached hydrogen (secondary N) is 3. The van der Waals surface area contributed by atoms with Gasteiger partial charge < -0.3 is 10.6 Å². The molecule has 3 aliphatic rings. The smallest absolute Gasteiger partial charge is 0.329 e. The molecule has 1 aromatic rings. The Labute approximate surface area is 200 Å². The van der Waals surface area contributed by atoms with Gasteiger partial charge in [0.2, 0.25) is 0 Å². The minimum absolute atomic E-state index is 0.259. The Morgan fingerprint density at radius 1 is 0.971 bits per heavy atom. The summed E-state index contributed by atoms with van der Waals surface area (Å²) in [5.74, 6) is 0.407. The van der Waals surface area contributed by atoms with Gasteiger partial charge in [-0.15, -0.1) is 0 Å². The molecule has 0 radical (unpaired) electrons. The Hall–Kier alpha value is -2.66. The molecule has 1 aliphatic carbocycles. The number of urea groups is 2. The van der Waals surface area contributed by atoms with Gasteiger partial charge in [-0.1, -0.05) is 31.0 Å². The first-order valence-corrected chi connectivity index (χ1v) is 13.5. The number of nitrogens with zero attached hydrogens (tertiary/aromatic N) is 2. The molecule has 0 bridgehead atoms. The number of hydrogen-bond donors (Lipinski definition) is 3. The maximum absolute atomic E-state index is 12.5. The average Bonchev–Trinajstić information content (AvgIpc) is 3.46. The zero-order valence-electron chi connectivity index (χ0n) is 19.3. The second-order valence-electron chi connectivity index (χ2n) is 9.38. The fraction of sp³-hybridized carbons (Fsp3) is 0.609. The van der Waals surface area contributed by atoms with Crippen molar-refractivity contribution in [3.63, 3.8) is 0 Å². The summed E-state index contributed by atoms with van der Waals surface area (Å²) < 4.78 is 28.5. The van der Waals surface area contributed by atoms with Crippen molar-refractivity contribution in [3.8, 4) is 0 Å². The number of piperidine rings is 1. The van der Waals surface area contributed by atoms with E-state index >= 15 is 0 Å². The number of carbonyl (C=O) groups excluding carboxylic acids is 3. The van der Waals surface area contributed by atoms with Crippen LogP contribution in [0.5, 0.6) is 0 Å². The van der Waals surface area contributed by atoms with Crippen molar-refractivity contribution >= 4 is 28.2 Å². The molecule has 2 aliphatic heterocycles. The van der Waals surface area contributed by atoms with Gasteiger partial charge in [-0.2, -0.15) is 12.7 Å². The number of benzene rings is 1. The highest BCUT2D eigenvalue weighted by Crippen LogP contribution is 2.25. The summed E-state index contributed by atoms with van der Waals surface area (Å²) in [6.07, 6.45) is 6.46. The van der Waals surface area contributed by atoms with Crippen molar-refractivity contribution in [1.82, 2.24) is 24.6 Å². The third-order valence-electron chi connectivity index (χ3n) is 7.06. The lowest BCUT2D eigenvalue weighted by atomic mass is 9.95. The van der Waals surface area contributed by atoms with E-state index in [0.29, 0.717) is 56.9 Å². The Kier molecular flexibility index (Phi) is 7.72. The first kappa shape index (κ1) is 24.5. The molecule has 0 aromatic heterocycles. The van der Waals surface area contributed by atoms with Gasteiger partial charge in [0.05, 0.1) is 6.54 Å². The van der Waals surface area contributed by atoms with Crippen molar-refractivity contribution in [2.45, 2.75) is 51.5 Å². The largest absolute Gasteiger partial charge is 0.338 e. The van der Waals surface area contributed by atoms with Gasteiger partial charge in [-0.05, 0) is 55.6 Å². The van der Waals surface area contributed by atoms with E-state index in [9.17, 15) is 22.8 Å². The lowest BCUT2D eigenvalue weighted by Crippen LogP contribution is -2.50. The molecule has 1 aromatic carbocycles. The van der Waals surface area contributed by atoms with E-state index in [0.717, 1.165) is 31.2 Å². The van der Waals surface area contributed by atoms with E-state index in [4.69, 9.17) is 0 Å². The number of amides is 5. The Morgan fingerprint density at radius 3 is 2.38 bits per heavy atom. The molecule has 11 heteroatoms. The van der Waals surface area contributed by atoms with Crippen LogP contribution in [0.4, 0.5) is 9.59 Å². The highest BCUT2D eigenvalue weighted by molar-refractivity contribution is 7.87. The molecule has 0 atom stereocenters. The highest BCUT2D eigenvalue weighted by atomic mass is 32.2. The second kappa shape index (κ2) is 10.7. The Balaban J connectivity index is 1.14. The van der Waals surface area contributed by atoms with Crippen LogP contribution in [0, 0.1) is 11.8 Å². The monoisotopic (exact) mass is 491 g/mol. The van der Waals surface area contributed by atoms with Crippen molar-refractivity contribution in [2.24, 2.45) is 11.8 Å². The summed E-state index contributed by atoms with van der Waals surface area (Å²) in [4.78, 5) is 38.1. The molecule has 0 spiro atoms. The quantitative estimate of drug-likeness (QED) is 0.539. The van der Waals surface area contributed by atoms with Gasteiger partial charge in [-0.25, -0.2) is 14.3 Å². The molecule has 186 valence electrons. The van der Waals surface area contributed by atoms with Crippen LogP contribution in [0.25, 0.3) is 0 Å². The van der Waals surface area contributed by atoms with Gasteiger partial charge in [0, 0.05) is 31.7 Å². The summed E-state index contributed by atoms with van der Waals surface area (Å²) in [6.45, 7) is 1.84. The third kappa shape index (κ3) is 5.87. The Morgan fingerprint density at radius 2 is 1.68 bits per heavy atom. The first-order chi connectivity index (χ1) is 16.3. The van der Waals surface area contributed by atoms with E-state index in [2.05, 4.69) is 15.4 Å². The molecule has 2 fully saturated rings. The minimum atomic E-state index is -3.87. The molecular formula is C23H33N5O5S. The summed E-state index contributed by atoms with van der Waals surface area (Å²) in [7, 11) is -3.87. The van der Waals surface area contributed by atoms with E-state index in [1.165, 1.54) is 9.21 Å². The van der Waals surface area contributed by atoms with E-state index in [1.807, 2.05) is 12.1 Å². The van der Waals surface area contributed by atoms with Gasteiger partial charge >= 0.3 is 22.3 Å². The molecule has 34 heavy (non-hydrogen) atoms. The number of hydrogen-bond acceptors (Lipinski definition) is 5. The molecule has 2 heterocycles. The number of imide groups is 1. The number of carbonyl (C=O) groups is 3. The predicted molar refractivity (Wildman–Crippen MR) is 126 cm³/mol. The maximum atomic E-state index is 12.5. The van der Waals surface area contributed by atoms with E-state index in [-0.39, 0.29) is 18.4 Å². The van der Waals surface area contributed by atoms with Crippen LogP contribution >= 0.6 is 0 Å². The summed E-state index contributed by atoms with van der Waals surface area (Å²) in [5, 5.41) is 5.49. The van der Waals surface area contributed by atoms with Crippen LogP contribution in [-0.4, -0.2) is 61.8 Å². The van der Waals surface area contributed by atoms with Crippen LogP contribution in [0.3, 0.4) is 0 Å². The fourth-order valence-corrected chi connectivity index (χ4v) is 6.13.